The Balaban J connectivity index is 1.80. The highest BCUT2D eigenvalue weighted by Gasteiger charge is 2.26. The summed E-state index contributed by atoms with van der Waals surface area (Å²) in [5.74, 6) is 0.181. The van der Waals surface area contributed by atoms with Crippen LogP contribution in [-0.4, -0.2) is 25.2 Å². The number of carbonyl (C=O) groups is 1. The third-order valence-electron chi connectivity index (χ3n) is 3.39. The van der Waals surface area contributed by atoms with Crippen molar-refractivity contribution in [3.8, 4) is 0 Å². The summed E-state index contributed by atoms with van der Waals surface area (Å²) in [6, 6.07) is 9.43. The first-order valence-electron chi connectivity index (χ1n) is 6.42. The molecular formula is C14H20N2O2. The van der Waals surface area contributed by atoms with E-state index >= 15 is 0 Å². The summed E-state index contributed by atoms with van der Waals surface area (Å²) < 4.78 is 5.27. The molecule has 0 aliphatic carbocycles. The highest BCUT2D eigenvalue weighted by molar-refractivity contribution is 5.81. The summed E-state index contributed by atoms with van der Waals surface area (Å²) in [5, 5.41) is 2.89. The van der Waals surface area contributed by atoms with Crippen molar-refractivity contribution in [3.05, 3.63) is 35.9 Å². The van der Waals surface area contributed by atoms with Crippen LogP contribution >= 0.6 is 0 Å². The molecule has 1 amide bonds. The highest BCUT2D eigenvalue weighted by Crippen LogP contribution is 2.17. The number of nitrogens with two attached hydrogens (primary N) is 1. The number of benzene rings is 1. The Kier molecular flexibility index (Phi) is 4.73. The lowest BCUT2D eigenvalue weighted by Gasteiger charge is -2.26. The van der Waals surface area contributed by atoms with E-state index in [4.69, 9.17) is 10.5 Å². The lowest BCUT2D eigenvalue weighted by Crippen LogP contribution is -2.46. The Morgan fingerprint density at radius 2 is 2.00 bits per heavy atom. The molecule has 98 valence electrons. The normalized spacial score (nSPS) is 18.3. The fourth-order valence-corrected chi connectivity index (χ4v) is 2.19. The minimum Gasteiger partial charge on any atom is -0.381 e. The zero-order valence-electron chi connectivity index (χ0n) is 10.5. The second-order valence-electron chi connectivity index (χ2n) is 4.68. The standard InChI is InChI=1S/C14H20N2O2/c15-13(12-6-8-18-9-7-12)14(17)16-10-11-4-2-1-3-5-11/h1-5,12-13H,6-10,15H2,(H,16,17). The van der Waals surface area contributed by atoms with Crippen molar-refractivity contribution < 1.29 is 9.53 Å². The lowest BCUT2D eigenvalue weighted by molar-refractivity contribution is -0.124. The molecule has 3 N–H and O–H groups in total. The molecule has 0 bridgehead atoms. The molecule has 1 aliphatic heterocycles. The van der Waals surface area contributed by atoms with Crippen LogP contribution in [0.3, 0.4) is 0 Å². The SMILES string of the molecule is NC(C(=O)NCc1ccccc1)C1CCOCC1. The van der Waals surface area contributed by atoms with Crippen LogP contribution in [0, 0.1) is 5.92 Å². The molecule has 0 aromatic heterocycles. The van der Waals surface area contributed by atoms with E-state index in [1.54, 1.807) is 0 Å². The summed E-state index contributed by atoms with van der Waals surface area (Å²) in [5.41, 5.74) is 7.08. The Bertz CT molecular complexity index is 375. The van der Waals surface area contributed by atoms with E-state index in [-0.39, 0.29) is 11.8 Å². The van der Waals surface area contributed by atoms with E-state index in [0.717, 1.165) is 18.4 Å². The van der Waals surface area contributed by atoms with Crippen LogP contribution in [0.25, 0.3) is 0 Å². The zero-order valence-corrected chi connectivity index (χ0v) is 10.5. The number of rotatable bonds is 4. The first-order valence-corrected chi connectivity index (χ1v) is 6.42. The molecule has 1 fully saturated rings. The van der Waals surface area contributed by atoms with Gasteiger partial charge in [0, 0.05) is 19.8 Å². The maximum atomic E-state index is 11.9. The Labute approximate surface area is 108 Å². The van der Waals surface area contributed by atoms with Gasteiger partial charge in [-0.1, -0.05) is 30.3 Å². The van der Waals surface area contributed by atoms with Gasteiger partial charge >= 0.3 is 0 Å². The van der Waals surface area contributed by atoms with Crippen molar-refractivity contribution in [2.45, 2.75) is 25.4 Å². The van der Waals surface area contributed by atoms with Crippen molar-refractivity contribution in [3.63, 3.8) is 0 Å². The van der Waals surface area contributed by atoms with Crippen molar-refractivity contribution in [2.24, 2.45) is 11.7 Å². The average Bonchev–Trinajstić information content (AvgIpc) is 2.46. The largest absolute Gasteiger partial charge is 0.381 e. The number of amides is 1. The molecule has 1 heterocycles. The average molecular weight is 248 g/mol. The topological polar surface area (TPSA) is 64.4 Å². The molecule has 1 unspecified atom stereocenters. The molecule has 0 spiro atoms. The summed E-state index contributed by atoms with van der Waals surface area (Å²) in [4.78, 5) is 11.9. The van der Waals surface area contributed by atoms with Gasteiger partial charge in [0.15, 0.2) is 0 Å². The van der Waals surface area contributed by atoms with E-state index in [2.05, 4.69) is 5.32 Å². The maximum Gasteiger partial charge on any atom is 0.237 e. The van der Waals surface area contributed by atoms with Crippen LogP contribution < -0.4 is 11.1 Å². The first kappa shape index (κ1) is 13.1. The van der Waals surface area contributed by atoms with Gasteiger partial charge in [-0.05, 0) is 24.3 Å². The Morgan fingerprint density at radius 1 is 1.33 bits per heavy atom. The zero-order chi connectivity index (χ0) is 12.8. The van der Waals surface area contributed by atoms with Gasteiger partial charge in [0.2, 0.25) is 5.91 Å². The van der Waals surface area contributed by atoms with Gasteiger partial charge in [-0.15, -0.1) is 0 Å². The van der Waals surface area contributed by atoms with Crippen LogP contribution in [-0.2, 0) is 16.1 Å². The second-order valence-corrected chi connectivity index (χ2v) is 4.68. The molecule has 2 rings (SSSR count). The highest BCUT2D eigenvalue weighted by atomic mass is 16.5. The monoisotopic (exact) mass is 248 g/mol. The summed E-state index contributed by atoms with van der Waals surface area (Å²) in [6.07, 6.45) is 1.75. The molecule has 1 atom stereocenters. The van der Waals surface area contributed by atoms with Crippen LogP contribution in [0.4, 0.5) is 0 Å². The van der Waals surface area contributed by atoms with Crippen LogP contribution in [0.15, 0.2) is 30.3 Å². The fraction of sp³-hybridized carbons (Fsp3) is 0.500. The molecule has 1 saturated heterocycles. The quantitative estimate of drug-likeness (QED) is 0.837. The van der Waals surface area contributed by atoms with Gasteiger partial charge in [0.25, 0.3) is 0 Å². The third-order valence-corrected chi connectivity index (χ3v) is 3.39. The van der Waals surface area contributed by atoms with Crippen molar-refractivity contribution in [1.82, 2.24) is 5.32 Å². The van der Waals surface area contributed by atoms with Gasteiger partial charge in [0.1, 0.15) is 0 Å². The number of ether oxygens (including phenoxy) is 1. The van der Waals surface area contributed by atoms with Crippen LogP contribution in [0.5, 0.6) is 0 Å². The van der Waals surface area contributed by atoms with Gasteiger partial charge in [-0.25, -0.2) is 0 Å². The van der Waals surface area contributed by atoms with Gasteiger partial charge < -0.3 is 15.8 Å². The number of hydrogen-bond donors (Lipinski definition) is 2. The predicted molar refractivity (Wildman–Crippen MR) is 69.8 cm³/mol. The molecule has 4 heteroatoms. The first-order chi connectivity index (χ1) is 8.77. The smallest absolute Gasteiger partial charge is 0.237 e. The van der Waals surface area contributed by atoms with E-state index in [1.807, 2.05) is 30.3 Å². The van der Waals surface area contributed by atoms with E-state index in [9.17, 15) is 4.79 Å². The molecule has 1 aromatic rings. The van der Waals surface area contributed by atoms with Crippen LogP contribution in [0.2, 0.25) is 0 Å². The molecule has 4 nitrogen and oxygen atoms in total. The number of hydrogen-bond acceptors (Lipinski definition) is 3. The molecule has 18 heavy (non-hydrogen) atoms. The molecular weight excluding hydrogens is 228 g/mol. The van der Waals surface area contributed by atoms with E-state index in [0.29, 0.717) is 19.8 Å². The minimum atomic E-state index is -0.419. The second kappa shape index (κ2) is 6.52. The number of carbonyl (C=O) groups excluding carboxylic acids is 1. The van der Waals surface area contributed by atoms with E-state index < -0.39 is 6.04 Å². The predicted octanol–water partition coefficient (Wildman–Crippen LogP) is 1.06. The molecule has 0 radical (unpaired) electrons. The lowest BCUT2D eigenvalue weighted by atomic mass is 9.92. The minimum absolute atomic E-state index is 0.0641. The van der Waals surface area contributed by atoms with Crippen molar-refractivity contribution in [2.75, 3.05) is 13.2 Å². The van der Waals surface area contributed by atoms with Gasteiger partial charge in [-0.2, -0.15) is 0 Å². The van der Waals surface area contributed by atoms with E-state index in [1.165, 1.54) is 0 Å². The summed E-state index contributed by atoms with van der Waals surface area (Å²) >= 11 is 0. The maximum absolute atomic E-state index is 11.9. The van der Waals surface area contributed by atoms with Crippen molar-refractivity contribution >= 4 is 5.91 Å². The molecule has 1 aromatic carbocycles. The molecule has 0 saturated carbocycles. The van der Waals surface area contributed by atoms with Gasteiger partial charge in [-0.3, -0.25) is 4.79 Å². The Morgan fingerprint density at radius 3 is 2.67 bits per heavy atom. The van der Waals surface area contributed by atoms with Gasteiger partial charge in [0.05, 0.1) is 6.04 Å². The Hall–Kier alpha value is -1.39. The summed E-state index contributed by atoms with van der Waals surface area (Å²) in [7, 11) is 0. The fourth-order valence-electron chi connectivity index (χ4n) is 2.19. The molecule has 1 aliphatic rings. The summed E-state index contributed by atoms with van der Waals surface area (Å²) in [6.45, 7) is 1.96. The number of nitrogens with one attached hydrogen (secondary N) is 1. The van der Waals surface area contributed by atoms with Crippen molar-refractivity contribution in [1.29, 1.82) is 0 Å². The third kappa shape index (κ3) is 3.55. The van der Waals surface area contributed by atoms with Crippen LogP contribution in [0.1, 0.15) is 18.4 Å².